The van der Waals surface area contributed by atoms with E-state index in [-0.39, 0.29) is 11.9 Å². The van der Waals surface area contributed by atoms with Crippen LogP contribution in [0.5, 0.6) is 0 Å². The molecule has 1 aliphatic rings. The number of allylic oxidation sites excluding steroid dienone is 2. The Morgan fingerprint density at radius 2 is 1.92 bits per heavy atom. The van der Waals surface area contributed by atoms with Gasteiger partial charge in [0.2, 0.25) is 0 Å². The summed E-state index contributed by atoms with van der Waals surface area (Å²) < 4.78 is 0. The van der Waals surface area contributed by atoms with Crippen LogP contribution in [0.3, 0.4) is 0 Å². The van der Waals surface area contributed by atoms with Crippen LogP contribution in [-0.2, 0) is 6.54 Å². The van der Waals surface area contributed by atoms with Crippen LogP contribution in [-0.4, -0.2) is 47.9 Å². The van der Waals surface area contributed by atoms with Crippen molar-refractivity contribution in [1.82, 2.24) is 15.2 Å². The van der Waals surface area contributed by atoms with E-state index in [1.807, 2.05) is 61.5 Å². The largest absolute Gasteiger partial charge is 0.369 e. The molecular weight excluding hydrogens is 462 g/mol. The molecule has 0 aliphatic carbocycles. The second kappa shape index (κ2) is 12.6. The predicted octanol–water partition coefficient (Wildman–Crippen LogP) is 4.00. The van der Waals surface area contributed by atoms with Crippen molar-refractivity contribution in [1.29, 1.82) is 0 Å². The first-order valence-corrected chi connectivity index (χ1v) is 12.3. The maximum absolute atomic E-state index is 12.9. The number of rotatable bonds is 8. The molecule has 0 spiro atoms. The number of carbonyl (C=O) groups is 1. The van der Waals surface area contributed by atoms with Gasteiger partial charge >= 0.3 is 0 Å². The van der Waals surface area contributed by atoms with Crippen molar-refractivity contribution in [2.24, 2.45) is 10.7 Å². The van der Waals surface area contributed by atoms with Crippen molar-refractivity contribution in [3.05, 3.63) is 108 Å². The van der Waals surface area contributed by atoms with Crippen LogP contribution in [0.2, 0.25) is 0 Å². The molecule has 1 aliphatic heterocycles. The van der Waals surface area contributed by atoms with E-state index in [4.69, 9.17) is 5.73 Å². The number of hydrogen-bond donors (Lipinski definition) is 4. The van der Waals surface area contributed by atoms with Crippen LogP contribution in [0.1, 0.15) is 27.0 Å². The fourth-order valence-electron chi connectivity index (χ4n) is 4.05. The summed E-state index contributed by atoms with van der Waals surface area (Å²) in [4.78, 5) is 23.9. The molecule has 2 heterocycles. The third-order valence-electron chi connectivity index (χ3n) is 6.06. The number of nitrogens with two attached hydrogens (primary N) is 1. The van der Waals surface area contributed by atoms with Gasteiger partial charge in [-0.3, -0.25) is 14.7 Å². The van der Waals surface area contributed by atoms with Gasteiger partial charge in [-0.25, -0.2) is 4.99 Å². The van der Waals surface area contributed by atoms with E-state index in [2.05, 4.69) is 37.4 Å². The number of nitrogens with one attached hydrogen (secondary N) is 3. The monoisotopic (exact) mass is 495 g/mol. The lowest BCUT2D eigenvalue weighted by Gasteiger charge is -2.27. The number of aliphatic imine (C=N–C) groups is 1. The van der Waals surface area contributed by atoms with E-state index in [1.54, 1.807) is 24.5 Å². The Labute approximate surface area is 218 Å². The molecule has 0 radical (unpaired) electrons. The van der Waals surface area contributed by atoms with E-state index in [0.29, 0.717) is 16.9 Å². The highest BCUT2D eigenvalue weighted by Gasteiger charge is 2.12. The summed E-state index contributed by atoms with van der Waals surface area (Å²) in [5.74, 6) is 0.0431. The van der Waals surface area contributed by atoms with Crippen molar-refractivity contribution in [3.63, 3.8) is 0 Å². The van der Waals surface area contributed by atoms with Crippen LogP contribution in [0.15, 0.2) is 90.7 Å². The number of piperazine rings is 1. The number of benzene rings is 2. The summed E-state index contributed by atoms with van der Waals surface area (Å²) in [6, 6.07) is 17.1. The molecule has 1 amide bonds. The topological polar surface area (TPSA) is 108 Å². The third-order valence-corrected chi connectivity index (χ3v) is 6.06. The SMILES string of the molecule is C=C/C=C(\N=C(/N)Nc1cc(NC(=O)c2ccc(CN3CCNCC3)cc2)ccc1C)c1cccnc1. The van der Waals surface area contributed by atoms with Gasteiger partial charge in [0.1, 0.15) is 0 Å². The number of aryl methyl sites for hydroxylation is 1. The maximum atomic E-state index is 12.9. The van der Waals surface area contributed by atoms with Crippen LogP contribution in [0, 0.1) is 6.92 Å². The molecule has 8 nitrogen and oxygen atoms in total. The number of carbonyl (C=O) groups excluding carboxylic acids is 1. The van der Waals surface area contributed by atoms with Crippen molar-refractivity contribution in [2.45, 2.75) is 13.5 Å². The Morgan fingerprint density at radius 3 is 2.62 bits per heavy atom. The lowest BCUT2D eigenvalue weighted by Crippen LogP contribution is -2.42. The van der Waals surface area contributed by atoms with E-state index in [9.17, 15) is 4.79 Å². The van der Waals surface area contributed by atoms with Gasteiger partial charge in [0, 0.05) is 67.6 Å². The number of amides is 1. The molecule has 1 fully saturated rings. The number of pyridine rings is 1. The summed E-state index contributed by atoms with van der Waals surface area (Å²) in [7, 11) is 0. The molecule has 0 atom stereocenters. The minimum atomic E-state index is -0.169. The van der Waals surface area contributed by atoms with E-state index in [1.165, 1.54) is 5.56 Å². The molecule has 8 heteroatoms. The highest BCUT2D eigenvalue weighted by molar-refractivity contribution is 6.05. The zero-order valence-corrected chi connectivity index (χ0v) is 21.1. The Balaban J connectivity index is 1.42. The minimum Gasteiger partial charge on any atom is -0.369 e. The number of anilines is 2. The average Bonchev–Trinajstić information content (AvgIpc) is 2.92. The Hall–Kier alpha value is -4.27. The maximum Gasteiger partial charge on any atom is 0.255 e. The fourth-order valence-corrected chi connectivity index (χ4v) is 4.05. The fraction of sp³-hybridized carbons (Fsp3) is 0.207. The summed E-state index contributed by atoms with van der Waals surface area (Å²) in [6.07, 6.45) is 6.83. The smallest absolute Gasteiger partial charge is 0.255 e. The number of hydrogen-bond acceptors (Lipinski definition) is 5. The standard InChI is InChI=1S/C29H33N7O/c1-3-5-26(24-6-4-13-32-19-24)34-29(30)35-27-18-25(12-7-21(27)2)33-28(37)23-10-8-22(9-11-23)20-36-16-14-31-15-17-36/h3-13,18-19,31H,1,14-17,20H2,2H3,(H,33,37)(H3,30,34,35)/b26-5-. The minimum absolute atomic E-state index is 0.169. The van der Waals surface area contributed by atoms with Gasteiger partial charge in [0.25, 0.3) is 5.91 Å². The molecular formula is C29H33N7O. The second-order valence-electron chi connectivity index (χ2n) is 8.86. The second-order valence-corrected chi connectivity index (χ2v) is 8.86. The number of guanidine groups is 1. The first-order chi connectivity index (χ1) is 18.0. The molecule has 2 aromatic carbocycles. The van der Waals surface area contributed by atoms with Gasteiger partial charge in [0.05, 0.1) is 5.70 Å². The van der Waals surface area contributed by atoms with Crippen molar-refractivity contribution < 1.29 is 4.79 Å². The molecule has 4 rings (SSSR count). The van der Waals surface area contributed by atoms with Gasteiger partial charge in [-0.05, 0) is 60.5 Å². The van der Waals surface area contributed by atoms with E-state index in [0.717, 1.165) is 49.5 Å². The Morgan fingerprint density at radius 1 is 1.14 bits per heavy atom. The normalized spacial score (nSPS) is 14.7. The van der Waals surface area contributed by atoms with Gasteiger partial charge < -0.3 is 21.7 Å². The van der Waals surface area contributed by atoms with Crippen molar-refractivity contribution >= 4 is 28.9 Å². The quantitative estimate of drug-likeness (QED) is 0.214. The van der Waals surface area contributed by atoms with E-state index >= 15 is 0 Å². The zero-order chi connectivity index (χ0) is 26.0. The molecule has 0 bridgehead atoms. The van der Waals surface area contributed by atoms with Gasteiger partial charge in [0.15, 0.2) is 5.96 Å². The molecule has 1 saturated heterocycles. The number of aromatic nitrogens is 1. The number of nitrogens with zero attached hydrogens (tertiary/aromatic N) is 3. The highest BCUT2D eigenvalue weighted by Crippen LogP contribution is 2.22. The first kappa shape index (κ1) is 25.8. The van der Waals surface area contributed by atoms with Crippen molar-refractivity contribution in [2.75, 3.05) is 36.8 Å². The van der Waals surface area contributed by atoms with Crippen LogP contribution in [0.25, 0.3) is 5.70 Å². The first-order valence-electron chi connectivity index (χ1n) is 12.3. The summed E-state index contributed by atoms with van der Waals surface area (Å²) in [5.41, 5.74) is 11.8. The molecule has 3 aromatic rings. The molecule has 37 heavy (non-hydrogen) atoms. The molecule has 1 aromatic heterocycles. The van der Waals surface area contributed by atoms with Crippen LogP contribution < -0.4 is 21.7 Å². The summed E-state index contributed by atoms with van der Waals surface area (Å²) >= 11 is 0. The van der Waals surface area contributed by atoms with Crippen molar-refractivity contribution in [3.8, 4) is 0 Å². The van der Waals surface area contributed by atoms with E-state index < -0.39 is 0 Å². The predicted molar refractivity (Wildman–Crippen MR) is 151 cm³/mol. The Bertz CT molecular complexity index is 1280. The Kier molecular flexibility index (Phi) is 8.80. The van der Waals surface area contributed by atoms with Gasteiger partial charge in [-0.2, -0.15) is 0 Å². The third kappa shape index (κ3) is 7.36. The highest BCUT2D eigenvalue weighted by atomic mass is 16.1. The summed E-state index contributed by atoms with van der Waals surface area (Å²) in [5, 5.41) is 9.48. The average molecular weight is 496 g/mol. The van der Waals surface area contributed by atoms with Gasteiger partial charge in [-0.15, -0.1) is 0 Å². The van der Waals surface area contributed by atoms with Crippen LogP contribution in [0.4, 0.5) is 11.4 Å². The lowest BCUT2D eigenvalue weighted by molar-refractivity contribution is 0.102. The van der Waals surface area contributed by atoms with Gasteiger partial charge in [-0.1, -0.05) is 30.9 Å². The zero-order valence-electron chi connectivity index (χ0n) is 21.1. The van der Waals surface area contributed by atoms with Crippen LogP contribution >= 0.6 is 0 Å². The summed E-state index contributed by atoms with van der Waals surface area (Å²) in [6.45, 7) is 10.7. The molecule has 0 saturated carbocycles. The molecule has 5 N–H and O–H groups in total. The molecule has 190 valence electrons. The lowest BCUT2D eigenvalue weighted by atomic mass is 10.1. The molecule has 0 unspecified atom stereocenters.